The summed E-state index contributed by atoms with van der Waals surface area (Å²) in [5, 5.41) is 3.22. The van der Waals surface area contributed by atoms with Crippen LogP contribution in [0.25, 0.3) is 0 Å². The van der Waals surface area contributed by atoms with Crippen molar-refractivity contribution in [3.05, 3.63) is 0 Å². The largest absolute Gasteiger partial charge is 0.401 e. The summed E-state index contributed by atoms with van der Waals surface area (Å²) in [6.45, 7) is 1.53. The number of hydrogen-bond donors (Lipinski definition) is 1. The quantitative estimate of drug-likeness (QED) is 0.727. The standard InChI is InChI=1S/C10H17F3N2/c11-10(12,13)8-15-6-2-4-9(15)3-1-5-14-7-9/h14H,1-8H2. The lowest BCUT2D eigenvalue weighted by atomic mass is 9.87. The molecule has 2 aliphatic heterocycles. The van der Waals surface area contributed by atoms with Crippen molar-refractivity contribution < 1.29 is 13.2 Å². The van der Waals surface area contributed by atoms with Crippen LogP contribution in [0.2, 0.25) is 0 Å². The molecule has 0 aromatic rings. The van der Waals surface area contributed by atoms with Crippen molar-refractivity contribution in [3.8, 4) is 0 Å². The fraction of sp³-hybridized carbons (Fsp3) is 1.00. The molecule has 0 aromatic carbocycles. The summed E-state index contributed by atoms with van der Waals surface area (Å²) in [6.07, 6.45) is -0.340. The van der Waals surface area contributed by atoms with Gasteiger partial charge in [0.15, 0.2) is 0 Å². The van der Waals surface area contributed by atoms with E-state index in [2.05, 4.69) is 5.32 Å². The molecular formula is C10H17F3N2. The Morgan fingerprint density at radius 1 is 1.20 bits per heavy atom. The van der Waals surface area contributed by atoms with Crippen LogP contribution in [0, 0.1) is 0 Å². The van der Waals surface area contributed by atoms with Crippen molar-refractivity contribution in [2.45, 2.75) is 37.4 Å². The van der Waals surface area contributed by atoms with E-state index in [1.165, 1.54) is 0 Å². The number of likely N-dealkylation sites (tertiary alicyclic amines) is 1. The summed E-state index contributed by atoms with van der Waals surface area (Å²) in [4.78, 5) is 1.64. The first-order valence-corrected chi connectivity index (χ1v) is 5.54. The number of hydrogen-bond acceptors (Lipinski definition) is 2. The van der Waals surface area contributed by atoms with Crippen molar-refractivity contribution in [3.63, 3.8) is 0 Å². The van der Waals surface area contributed by atoms with Crippen molar-refractivity contribution >= 4 is 0 Å². The van der Waals surface area contributed by atoms with Gasteiger partial charge in [0, 0.05) is 12.1 Å². The first-order valence-electron chi connectivity index (χ1n) is 5.54. The van der Waals surface area contributed by atoms with E-state index >= 15 is 0 Å². The summed E-state index contributed by atoms with van der Waals surface area (Å²) in [7, 11) is 0. The average molecular weight is 222 g/mol. The Morgan fingerprint density at radius 3 is 2.53 bits per heavy atom. The van der Waals surface area contributed by atoms with Gasteiger partial charge in [-0.1, -0.05) is 0 Å². The molecule has 5 heteroatoms. The normalized spacial score (nSPS) is 33.8. The summed E-state index contributed by atoms with van der Waals surface area (Å²) in [5.74, 6) is 0. The lowest BCUT2D eigenvalue weighted by Gasteiger charge is -2.42. The molecule has 2 fully saturated rings. The molecule has 15 heavy (non-hydrogen) atoms. The van der Waals surface area contributed by atoms with Crippen LogP contribution in [0.15, 0.2) is 0 Å². The van der Waals surface area contributed by atoms with Crippen LogP contribution in [-0.2, 0) is 0 Å². The Kier molecular flexibility index (Phi) is 2.94. The molecule has 0 bridgehead atoms. The van der Waals surface area contributed by atoms with E-state index in [1.807, 2.05) is 0 Å². The maximum atomic E-state index is 12.4. The van der Waals surface area contributed by atoms with E-state index in [-0.39, 0.29) is 5.54 Å². The smallest absolute Gasteiger partial charge is 0.315 e. The van der Waals surface area contributed by atoms with Crippen LogP contribution in [0.5, 0.6) is 0 Å². The van der Waals surface area contributed by atoms with Gasteiger partial charge in [0.1, 0.15) is 0 Å². The predicted octanol–water partition coefficient (Wildman–Crippen LogP) is 1.77. The van der Waals surface area contributed by atoms with Gasteiger partial charge in [-0.25, -0.2) is 0 Å². The summed E-state index contributed by atoms with van der Waals surface area (Å²) in [5.41, 5.74) is -0.201. The van der Waals surface area contributed by atoms with Crippen LogP contribution in [0.3, 0.4) is 0 Å². The summed E-state index contributed by atoms with van der Waals surface area (Å²) < 4.78 is 37.2. The lowest BCUT2D eigenvalue weighted by molar-refractivity contribution is -0.155. The van der Waals surface area contributed by atoms with Gasteiger partial charge in [-0.15, -0.1) is 0 Å². The third-order valence-corrected chi connectivity index (χ3v) is 3.56. The summed E-state index contributed by atoms with van der Waals surface area (Å²) in [6, 6.07) is 0. The third-order valence-electron chi connectivity index (χ3n) is 3.56. The number of nitrogens with zero attached hydrogens (tertiary/aromatic N) is 1. The molecule has 0 aromatic heterocycles. The Labute approximate surface area is 87.8 Å². The Hall–Kier alpha value is -0.290. The molecule has 2 nitrogen and oxygen atoms in total. The fourth-order valence-electron chi connectivity index (χ4n) is 2.89. The van der Waals surface area contributed by atoms with E-state index in [4.69, 9.17) is 0 Å². The fourth-order valence-corrected chi connectivity index (χ4v) is 2.89. The third kappa shape index (κ3) is 2.45. The van der Waals surface area contributed by atoms with Gasteiger partial charge in [-0.3, -0.25) is 4.90 Å². The number of alkyl halides is 3. The van der Waals surface area contributed by atoms with Gasteiger partial charge >= 0.3 is 6.18 Å². The zero-order valence-electron chi connectivity index (χ0n) is 8.74. The second-order valence-corrected chi connectivity index (χ2v) is 4.64. The molecule has 2 rings (SSSR count). The Morgan fingerprint density at radius 2 is 1.93 bits per heavy atom. The van der Waals surface area contributed by atoms with E-state index in [9.17, 15) is 13.2 Å². The van der Waals surface area contributed by atoms with Gasteiger partial charge in [0.25, 0.3) is 0 Å². The highest BCUT2D eigenvalue weighted by Gasteiger charge is 2.45. The number of nitrogens with one attached hydrogen (secondary N) is 1. The molecule has 2 heterocycles. The van der Waals surface area contributed by atoms with Crippen LogP contribution in [-0.4, -0.2) is 42.8 Å². The first-order chi connectivity index (χ1) is 7.02. The highest BCUT2D eigenvalue weighted by atomic mass is 19.4. The molecule has 0 radical (unpaired) electrons. The molecule has 2 aliphatic rings. The van der Waals surface area contributed by atoms with Crippen LogP contribution in [0.4, 0.5) is 13.2 Å². The maximum absolute atomic E-state index is 12.4. The molecule has 2 saturated heterocycles. The highest BCUT2D eigenvalue weighted by Crippen LogP contribution is 2.36. The molecule has 88 valence electrons. The Bertz CT molecular complexity index is 221. The minimum Gasteiger partial charge on any atom is -0.315 e. The van der Waals surface area contributed by atoms with Gasteiger partial charge in [-0.2, -0.15) is 13.2 Å². The van der Waals surface area contributed by atoms with Gasteiger partial charge < -0.3 is 5.32 Å². The van der Waals surface area contributed by atoms with Crippen LogP contribution < -0.4 is 5.32 Å². The topological polar surface area (TPSA) is 15.3 Å². The van der Waals surface area contributed by atoms with Crippen molar-refractivity contribution in [2.75, 3.05) is 26.2 Å². The number of halogens is 3. The van der Waals surface area contributed by atoms with Crippen LogP contribution in [0.1, 0.15) is 25.7 Å². The second-order valence-electron chi connectivity index (χ2n) is 4.64. The number of piperidine rings is 1. The maximum Gasteiger partial charge on any atom is 0.401 e. The molecule has 1 spiro atoms. The van der Waals surface area contributed by atoms with Crippen molar-refractivity contribution in [2.24, 2.45) is 0 Å². The monoisotopic (exact) mass is 222 g/mol. The molecular weight excluding hydrogens is 205 g/mol. The highest BCUT2D eigenvalue weighted by molar-refractivity contribution is 5.00. The molecule has 0 saturated carbocycles. The molecule has 1 unspecified atom stereocenters. The molecule has 1 atom stereocenters. The number of rotatable bonds is 1. The van der Waals surface area contributed by atoms with E-state index in [1.54, 1.807) is 4.90 Å². The molecule has 0 aliphatic carbocycles. The summed E-state index contributed by atoms with van der Waals surface area (Å²) >= 11 is 0. The first kappa shape index (κ1) is 11.2. The van der Waals surface area contributed by atoms with E-state index in [0.717, 1.165) is 38.8 Å². The van der Waals surface area contributed by atoms with Gasteiger partial charge in [-0.05, 0) is 38.8 Å². The SMILES string of the molecule is FC(F)(F)CN1CCCC12CCCNC2. The zero-order chi connectivity index (χ0) is 10.9. The zero-order valence-corrected chi connectivity index (χ0v) is 8.74. The van der Waals surface area contributed by atoms with Gasteiger partial charge in [0.2, 0.25) is 0 Å². The van der Waals surface area contributed by atoms with E-state index in [0.29, 0.717) is 6.54 Å². The van der Waals surface area contributed by atoms with E-state index < -0.39 is 12.7 Å². The molecule has 0 amide bonds. The minimum atomic E-state index is -4.06. The second kappa shape index (κ2) is 3.94. The average Bonchev–Trinajstić information content (AvgIpc) is 2.48. The molecule has 1 N–H and O–H groups in total. The van der Waals surface area contributed by atoms with Crippen molar-refractivity contribution in [1.29, 1.82) is 0 Å². The predicted molar refractivity (Wildman–Crippen MR) is 51.7 cm³/mol. The van der Waals surface area contributed by atoms with Crippen molar-refractivity contribution in [1.82, 2.24) is 10.2 Å². The Balaban J connectivity index is 2.03. The minimum absolute atomic E-state index is 0.201. The van der Waals surface area contributed by atoms with Gasteiger partial charge in [0.05, 0.1) is 6.54 Å². The van der Waals surface area contributed by atoms with Crippen LogP contribution >= 0.6 is 0 Å². The lowest BCUT2D eigenvalue weighted by Crippen LogP contribution is -2.56.